The van der Waals surface area contributed by atoms with Gasteiger partial charge in [-0.15, -0.1) is 0 Å². The van der Waals surface area contributed by atoms with Gasteiger partial charge in [-0.3, -0.25) is 4.79 Å². The summed E-state index contributed by atoms with van der Waals surface area (Å²) in [6.45, 7) is 5.28. The highest BCUT2D eigenvalue weighted by Crippen LogP contribution is 2.29. The number of carbonyl (C=O) groups is 1. The predicted octanol–water partition coefficient (Wildman–Crippen LogP) is 3.63. The van der Waals surface area contributed by atoms with E-state index in [1.807, 2.05) is 0 Å². The normalized spacial score (nSPS) is 12.0. The van der Waals surface area contributed by atoms with Crippen molar-refractivity contribution in [3.05, 3.63) is 47.3 Å². The fourth-order valence-corrected chi connectivity index (χ4v) is 1.83. The molecule has 0 aliphatic rings. The molecule has 2 rings (SSSR count). The molecule has 1 heterocycles. The summed E-state index contributed by atoms with van der Waals surface area (Å²) in [5, 5.41) is 9.93. The maximum atomic E-state index is 12.5. The van der Waals surface area contributed by atoms with Crippen LogP contribution in [0.3, 0.4) is 0 Å². The summed E-state index contributed by atoms with van der Waals surface area (Å²) >= 11 is 5.52. The topological polar surface area (TPSA) is 89.6 Å². The molecule has 0 unspecified atom stereocenters. The van der Waals surface area contributed by atoms with E-state index in [9.17, 15) is 18.0 Å². The van der Waals surface area contributed by atoms with Gasteiger partial charge in [0.2, 0.25) is 5.82 Å². The van der Waals surface area contributed by atoms with E-state index in [0.717, 1.165) is 0 Å². The third kappa shape index (κ3) is 6.10. The Morgan fingerprint density at radius 3 is 2.59 bits per heavy atom. The van der Waals surface area contributed by atoms with Crippen LogP contribution in [-0.2, 0) is 11.0 Å². The van der Waals surface area contributed by atoms with E-state index in [1.165, 1.54) is 24.3 Å². The zero-order valence-electron chi connectivity index (χ0n) is 14.0. The maximum absolute atomic E-state index is 12.5. The molecular weight excluding hydrogens is 389 g/mol. The second-order valence-electron chi connectivity index (χ2n) is 5.30. The van der Waals surface area contributed by atoms with Crippen molar-refractivity contribution in [3.8, 4) is 11.4 Å². The number of hydrogen-bond donors (Lipinski definition) is 1. The number of nitrogens with one attached hydrogen (secondary N) is 1. The number of oxime groups is 1. The lowest BCUT2D eigenvalue weighted by atomic mass is 10.1. The molecule has 0 saturated heterocycles. The van der Waals surface area contributed by atoms with Crippen LogP contribution in [0.4, 0.5) is 13.2 Å². The molecule has 0 atom stereocenters. The molecule has 1 amide bonds. The average molecular weight is 403 g/mol. The van der Waals surface area contributed by atoms with Gasteiger partial charge in [0.1, 0.15) is 0 Å². The van der Waals surface area contributed by atoms with Crippen LogP contribution < -0.4 is 5.32 Å². The molecule has 0 spiro atoms. The molecule has 0 saturated carbocycles. The van der Waals surface area contributed by atoms with Gasteiger partial charge in [0.15, 0.2) is 6.61 Å². The number of alkyl halides is 3. The molecule has 2 aromatic rings. The zero-order chi connectivity index (χ0) is 20.0. The number of hydrogen-bond acceptors (Lipinski definition) is 6. The van der Waals surface area contributed by atoms with Crippen LogP contribution in [0.5, 0.6) is 0 Å². The summed E-state index contributed by atoms with van der Waals surface area (Å²) in [5.74, 6) is -2.06. The molecule has 27 heavy (non-hydrogen) atoms. The third-order valence-electron chi connectivity index (χ3n) is 3.02. The van der Waals surface area contributed by atoms with Gasteiger partial charge in [0.25, 0.3) is 5.91 Å². The van der Waals surface area contributed by atoms with Gasteiger partial charge < -0.3 is 14.7 Å². The quantitative estimate of drug-likeness (QED) is 0.564. The van der Waals surface area contributed by atoms with Crippen molar-refractivity contribution >= 4 is 23.2 Å². The number of aromatic nitrogens is 2. The first kappa shape index (κ1) is 20.4. The van der Waals surface area contributed by atoms with Crippen molar-refractivity contribution in [1.29, 1.82) is 0 Å². The monoisotopic (exact) mass is 402 g/mol. The lowest BCUT2D eigenvalue weighted by Gasteiger charge is -2.05. The van der Waals surface area contributed by atoms with Gasteiger partial charge in [-0.1, -0.05) is 40.6 Å². The van der Waals surface area contributed by atoms with Crippen LogP contribution in [0, 0.1) is 0 Å². The minimum atomic E-state index is -4.72. The molecule has 1 aromatic heterocycles. The Labute approximate surface area is 156 Å². The first-order valence-corrected chi connectivity index (χ1v) is 7.83. The highest BCUT2D eigenvalue weighted by molar-refractivity contribution is 6.29. The second kappa shape index (κ2) is 8.67. The zero-order valence-corrected chi connectivity index (χ0v) is 14.8. The second-order valence-corrected chi connectivity index (χ2v) is 5.83. The SMILES string of the molecule is C=C(Cl)CON=C(C)CNC(=O)c1ccc(-c2noc(C(F)(F)F)n2)cc1. The summed E-state index contributed by atoms with van der Waals surface area (Å²) in [5.41, 5.74) is 1.07. The first-order valence-electron chi connectivity index (χ1n) is 7.45. The van der Waals surface area contributed by atoms with Crippen LogP contribution in [0.2, 0.25) is 0 Å². The maximum Gasteiger partial charge on any atom is 0.471 e. The van der Waals surface area contributed by atoms with Crippen molar-refractivity contribution in [2.24, 2.45) is 5.16 Å². The number of halogens is 4. The van der Waals surface area contributed by atoms with Crippen molar-refractivity contribution < 1.29 is 27.3 Å². The lowest BCUT2D eigenvalue weighted by molar-refractivity contribution is -0.159. The Balaban J connectivity index is 1.95. The van der Waals surface area contributed by atoms with Crippen molar-refractivity contribution in [2.75, 3.05) is 13.2 Å². The molecular formula is C16H14ClF3N4O3. The largest absolute Gasteiger partial charge is 0.471 e. The number of benzene rings is 1. The molecule has 11 heteroatoms. The number of nitrogens with zero attached hydrogens (tertiary/aromatic N) is 3. The summed E-state index contributed by atoms with van der Waals surface area (Å²) in [7, 11) is 0. The van der Waals surface area contributed by atoms with Crippen molar-refractivity contribution in [3.63, 3.8) is 0 Å². The van der Waals surface area contributed by atoms with E-state index >= 15 is 0 Å². The Bertz CT molecular complexity index is 847. The minimum Gasteiger partial charge on any atom is -0.390 e. The highest BCUT2D eigenvalue weighted by Gasteiger charge is 2.38. The molecule has 0 aliphatic heterocycles. The summed E-state index contributed by atoms with van der Waals surface area (Å²) < 4.78 is 41.6. The third-order valence-corrected chi connectivity index (χ3v) is 3.13. The summed E-state index contributed by atoms with van der Waals surface area (Å²) in [4.78, 5) is 20.2. The van der Waals surface area contributed by atoms with Crippen molar-refractivity contribution in [2.45, 2.75) is 13.1 Å². The fraction of sp³-hybridized carbons (Fsp3) is 0.250. The van der Waals surface area contributed by atoms with Crippen LogP contribution >= 0.6 is 11.6 Å². The Kier molecular flexibility index (Phi) is 6.56. The van der Waals surface area contributed by atoms with Crippen LogP contribution in [0.25, 0.3) is 11.4 Å². The van der Waals surface area contributed by atoms with Crippen LogP contribution in [0.1, 0.15) is 23.2 Å². The van der Waals surface area contributed by atoms with E-state index < -0.39 is 18.0 Å². The van der Waals surface area contributed by atoms with Crippen molar-refractivity contribution in [1.82, 2.24) is 15.5 Å². The Morgan fingerprint density at radius 2 is 2.04 bits per heavy atom. The molecule has 7 nitrogen and oxygen atoms in total. The summed E-state index contributed by atoms with van der Waals surface area (Å²) in [6.07, 6.45) is -4.72. The van der Waals surface area contributed by atoms with Gasteiger partial charge in [0.05, 0.1) is 17.3 Å². The predicted molar refractivity (Wildman–Crippen MR) is 91.1 cm³/mol. The van der Waals surface area contributed by atoms with E-state index in [1.54, 1.807) is 6.92 Å². The molecule has 144 valence electrons. The molecule has 0 aliphatic carbocycles. The van der Waals surface area contributed by atoms with Gasteiger partial charge >= 0.3 is 12.1 Å². The molecule has 0 bridgehead atoms. The molecule has 1 N–H and O–H groups in total. The van der Waals surface area contributed by atoms with E-state index in [-0.39, 0.29) is 24.5 Å². The number of rotatable bonds is 7. The van der Waals surface area contributed by atoms with Gasteiger partial charge in [0, 0.05) is 11.1 Å². The smallest absolute Gasteiger partial charge is 0.390 e. The number of carbonyl (C=O) groups excluding carboxylic acids is 1. The van der Waals surface area contributed by atoms with E-state index in [4.69, 9.17) is 16.4 Å². The van der Waals surface area contributed by atoms with Gasteiger partial charge in [-0.2, -0.15) is 18.2 Å². The first-order chi connectivity index (χ1) is 12.7. The highest BCUT2D eigenvalue weighted by atomic mass is 35.5. The molecule has 0 fully saturated rings. The Hall–Kier alpha value is -2.88. The number of amides is 1. The lowest BCUT2D eigenvalue weighted by Crippen LogP contribution is -2.28. The fourth-order valence-electron chi connectivity index (χ4n) is 1.78. The minimum absolute atomic E-state index is 0.0560. The van der Waals surface area contributed by atoms with Crippen LogP contribution in [-0.4, -0.2) is 34.9 Å². The van der Waals surface area contributed by atoms with Crippen LogP contribution in [0.15, 0.2) is 45.6 Å². The Morgan fingerprint density at radius 1 is 1.37 bits per heavy atom. The van der Waals surface area contributed by atoms with Gasteiger partial charge in [-0.05, 0) is 19.1 Å². The average Bonchev–Trinajstić information content (AvgIpc) is 3.10. The van der Waals surface area contributed by atoms with E-state index in [2.05, 4.69) is 31.7 Å². The standard InChI is InChI=1S/C16H14ClF3N4O3/c1-9(17)8-26-23-10(2)7-21-14(25)12-5-3-11(4-6-12)13-22-15(27-24-13)16(18,19)20/h3-6H,1,7-8H2,2H3,(H,21,25). The van der Waals surface area contributed by atoms with E-state index in [0.29, 0.717) is 16.3 Å². The molecule has 0 radical (unpaired) electrons. The summed E-state index contributed by atoms with van der Waals surface area (Å²) in [6, 6.07) is 5.68. The van der Waals surface area contributed by atoms with Gasteiger partial charge in [-0.25, -0.2) is 0 Å². The molecule has 1 aromatic carbocycles.